The Morgan fingerprint density at radius 1 is 0.967 bits per heavy atom. The molecular formula is C25H25N3O2. The van der Waals surface area contributed by atoms with Crippen molar-refractivity contribution in [1.82, 2.24) is 15.2 Å². The van der Waals surface area contributed by atoms with Crippen molar-refractivity contribution in [2.45, 2.75) is 19.4 Å². The number of hydrogen-bond donors (Lipinski definition) is 1. The minimum absolute atomic E-state index is 0.0194. The van der Waals surface area contributed by atoms with Gasteiger partial charge in [-0.15, -0.1) is 0 Å². The topological polar surface area (TPSA) is 62.3 Å². The van der Waals surface area contributed by atoms with E-state index in [2.05, 4.69) is 10.3 Å². The number of aromatic nitrogens is 1. The summed E-state index contributed by atoms with van der Waals surface area (Å²) in [6.45, 7) is 3.25. The summed E-state index contributed by atoms with van der Waals surface area (Å²) in [4.78, 5) is 32.4. The van der Waals surface area contributed by atoms with Crippen molar-refractivity contribution in [3.05, 3.63) is 101 Å². The van der Waals surface area contributed by atoms with Crippen molar-refractivity contribution < 1.29 is 9.59 Å². The number of rotatable bonds is 5. The van der Waals surface area contributed by atoms with Crippen LogP contribution in [0, 0.1) is 12.8 Å². The molecule has 4 rings (SSSR count). The van der Waals surface area contributed by atoms with E-state index < -0.39 is 0 Å². The molecule has 0 radical (unpaired) electrons. The summed E-state index contributed by atoms with van der Waals surface area (Å²) < 4.78 is 0. The molecule has 5 heteroatoms. The number of pyridine rings is 1. The quantitative estimate of drug-likeness (QED) is 0.714. The van der Waals surface area contributed by atoms with Gasteiger partial charge >= 0.3 is 0 Å². The van der Waals surface area contributed by atoms with Gasteiger partial charge in [0.05, 0.1) is 18.2 Å². The maximum absolute atomic E-state index is 13.2. The number of benzene rings is 2. The number of likely N-dealkylation sites (tertiary alicyclic amines) is 1. The highest BCUT2D eigenvalue weighted by Crippen LogP contribution is 2.34. The molecule has 2 atom stereocenters. The first-order chi connectivity index (χ1) is 14.6. The molecule has 2 amide bonds. The van der Waals surface area contributed by atoms with E-state index in [9.17, 15) is 9.59 Å². The molecule has 1 aliphatic heterocycles. The second kappa shape index (κ2) is 8.91. The number of aryl methyl sites for hydroxylation is 1. The summed E-state index contributed by atoms with van der Waals surface area (Å²) in [5.41, 5.74) is 3.53. The van der Waals surface area contributed by atoms with Gasteiger partial charge in [-0.05, 0) is 36.2 Å². The Kier molecular flexibility index (Phi) is 5.89. The molecule has 2 aromatic carbocycles. The van der Waals surface area contributed by atoms with E-state index in [1.54, 1.807) is 6.20 Å². The van der Waals surface area contributed by atoms with Gasteiger partial charge in [-0.3, -0.25) is 14.6 Å². The zero-order valence-corrected chi connectivity index (χ0v) is 17.0. The molecular weight excluding hydrogens is 374 g/mol. The molecule has 5 nitrogen and oxygen atoms in total. The lowest BCUT2D eigenvalue weighted by molar-refractivity contribution is -0.125. The first-order valence-corrected chi connectivity index (χ1v) is 10.2. The van der Waals surface area contributed by atoms with Gasteiger partial charge in [0.2, 0.25) is 5.91 Å². The molecule has 0 bridgehead atoms. The fourth-order valence-electron chi connectivity index (χ4n) is 4.07. The lowest BCUT2D eigenvalue weighted by Gasteiger charge is -2.18. The van der Waals surface area contributed by atoms with Crippen LogP contribution in [0.2, 0.25) is 0 Å². The summed E-state index contributed by atoms with van der Waals surface area (Å²) in [5, 5.41) is 3.01. The van der Waals surface area contributed by atoms with Crippen molar-refractivity contribution in [2.75, 3.05) is 13.1 Å². The fraction of sp³-hybridized carbons (Fsp3) is 0.240. The Morgan fingerprint density at radius 3 is 2.43 bits per heavy atom. The van der Waals surface area contributed by atoms with E-state index >= 15 is 0 Å². The third-order valence-corrected chi connectivity index (χ3v) is 5.72. The maximum Gasteiger partial charge on any atom is 0.254 e. The van der Waals surface area contributed by atoms with Crippen LogP contribution in [0.1, 0.15) is 33.1 Å². The third kappa shape index (κ3) is 4.25. The third-order valence-electron chi connectivity index (χ3n) is 5.72. The summed E-state index contributed by atoms with van der Waals surface area (Å²) in [6, 6.07) is 23.2. The molecule has 1 aliphatic rings. The molecule has 152 valence electrons. The van der Waals surface area contributed by atoms with E-state index in [1.807, 2.05) is 84.6 Å². The molecule has 0 aliphatic carbocycles. The molecule has 1 fully saturated rings. The molecule has 2 heterocycles. The fourth-order valence-corrected chi connectivity index (χ4v) is 4.07. The Labute approximate surface area is 176 Å². The molecule has 1 saturated heterocycles. The highest BCUT2D eigenvalue weighted by Gasteiger charge is 2.40. The largest absolute Gasteiger partial charge is 0.350 e. The Balaban J connectivity index is 1.54. The van der Waals surface area contributed by atoms with Crippen molar-refractivity contribution in [2.24, 2.45) is 5.92 Å². The Hall–Kier alpha value is -3.47. The number of hydrogen-bond acceptors (Lipinski definition) is 3. The summed E-state index contributed by atoms with van der Waals surface area (Å²) in [5.74, 6) is -0.407. The molecule has 0 spiro atoms. The summed E-state index contributed by atoms with van der Waals surface area (Å²) in [7, 11) is 0. The van der Waals surface area contributed by atoms with Crippen LogP contribution in [-0.4, -0.2) is 34.8 Å². The van der Waals surface area contributed by atoms with E-state index in [1.165, 1.54) is 0 Å². The van der Waals surface area contributed by atoms with Gasteiger partial charge in [-0.2, -0.15) is 0 Å². The van der Waals surface area contributed by atoms with Crippen molar-refractivity contribution in [3.63, 3.8) is 0 Å². The lowest BCUT2D eigenvalue weighted by atomic mass is 9.88. The number of nitrogens with one attached hydrogen (secondary N) is 1. The van der Waals surface area contributed by atoms with Crippen LogP contribution in [0.5, 0.6) is 0 Å². The second-order valence-corrected chi connectivity index (χ2v) is 7.69. The Bertz CT molecular complexity index is 1020. The van der Waals surface area contributed by atoms with Crippen LogP contribution in [0.3, 0.4) is 0 Å². The molecule has 0 unspecified atom stereocenters. The van der Waals surface area contributed by atoms with Gasteiger partial charge in [-0.1, -0.05) is 54.6 Å². The van der Waals surface area contributed by atoms with E-state index in [0.29, 0.717) is 25.2 Å². The first kappa shape index (κ1) is 19.8. The average Bonchev–Trinajstić information content (AvgIpc) is 3.24. The van der Waals surface area contributed by atoms with Crippen LogP contribution in [0.4, 0.5) is 0 Å². The van der Waals surface area contributed by atoms with Gasteiger partial charge in [-0.25, -0.2) is 0 Å². The average molecular weight is 399 g/mol. The van der Waals surface area contributed by atoms with E-state index in [4.69, 9.17) is 0 Å². The lowest BCUT2D eigenvalue weighted by Crippen LogP contribution is -2.35. The standard InChI is InChI=1S/C25H25N3O2/c1-18-9-5-6-13-21(18)25(30)28-16-22(19-10-3-2-4-11-19)23(17-28)24(29)27-15-20-12-7-8-14-26-20/h2-14,22-23H,15-17H2,1H3,(H,27,29)/t22-,23+/m1/s1. The highest BCUT2D eigenvalue weighted by atomic mass is 16.2. The number of carbonyl (C=O) groups excluding carboxylic acids is 2. The van der Waals surface area contributed by atoms with Gasteiger partial charge in [0.1, 0.15) is 0 Å². The van der Waals surface area contributed by atoms with Gasteiger partial charge in [0.25, 0.3) is 5.91 Å². The van der Waals surface area contributed by atoms with Gasteiger partial charge < -0.3 is 10.2 Å². The second-order valence-electron chi connectivity index (χ2n) is 7.69. The van der Waals surface area contributed by atoms with Crippen LogP contribution in [0.15, 0.2) is 79.0 Å². The first-order valence-electron chi connectivity index (χ1n) is 10.2. The SMILES string of the molecule is Cc1ccccc1C(=O)N1C[C@H](C(=O)NCc2ccccn2)[C@@H](c2ccccc2)C1. The maximum atomic E-state index is 13.2. The minimum atomic E-state index is -0.302. The van der Waals surface area contributed by atoms with E-state index in [-0.39, 0.29) is 23.7 Å². The van der Waals surface area contributed by atoms with Gasteiger partial charge in [0, 0.05) is 30.8 Å². The molecule has 1 aromatic heterocycles. The Morgan fingerprint density at radius 2 is 1.70 bits per heavy atom. The van der Waals surface area contributed by atoms with Crippen molar-refractivity contribution in [1.29, 1.82) is 0 Å². The zero-order valence-electron chi connectivity index (χ0n) is 17.0. The predicted octanol–water partition coefficient (Wildman–Crippen LogP) is 3.56. The molecule has 1 N–H and O–H groups in total. The monoisotopic (exact) mass is 399 g/mol. The number of amides is 2. The summed E-state index contributed by atoms with van der Waals surface area (Å²) >= 11 is 0. The summed E-state index contributed by atoms with van der Waals surface area (Å²) in [6.07, 6.45) is 1.71. The van der Waals surface area contributed by atoms with Crippen LogP contribution < -0.4 is 5.32 Å². The highest BCUT2D eigenvalue weighted by molar-refractivity contribution is 5.96. The smallest absolute Gasteiger partial charge is 0.254 e. The number of nitrogens with zero attached hydrogens (tertiary/aromatic N) is 2. The molecule has 3 aromatic rings. The van der Waals surface area contributed by atoms with Crippen LogP contribution in [0.25, 0.3) is 0 Å². The minimum Gasteiger partial charge on any atom is -0.350 e. The normalized spacial score (nSPS) is 18.2. The molecule has 30 heavy (non-hydrogen) atoms. The van der Waals surface area contributed by atoms with Crippen LogP contribution in [-0.2, 0) is 11.3 Å². The number of carbonyl (C=O) groups is 2. The van der Waals surface area contributed by atoms with Crippen LogP contribution >= 0.6 is 0 Å². The van der Waals surface area contributed by atoms with Gasteiger partial charge in [0.15, 0.2) is 0 Å². The van der Waals surface area contributed by atoms with E-state index in [0.717, 1.165) is 16.8 Å². The zero-order chi connectivity index (χ0) is 20.9. The predicted molar refractivity (Wildman–Crippen MR) is 116 cm³/mol. The molecule has 0 saturated carbocycles. The van der Waals surface area contributed by atoms with Crippen molar-refractivity contribution >= 4 is 11.8 Å². The van der Waals surface area contributed by atoms with Crippen molar-refractivity contribution in [3.8, 4) is 0 Å².